The highest BCUT2D eigenvalue weighted by Crippen LogP contribution is 2.26. The topological polar surface area (TPSA) is 74.8 Å². The number of benzene rings is 2. The van der Waals surface area contributed by atoms with E-state index in [1.807, 2.05) is 18.2 Å². The Morgan fingerprint density at radius 3 is 2.47 bits per heavy atom. The maximum atomic E-state index is 9.48. The molecule has 1 aliphatic rings. The Balaban J connectivity index is 1.40. The van der Waals surface area contributed by atoms with Gasteiger partial charge in [-0.3, -0.25) is 0 Å². The van der Waals surface area contributed by atoms with E-state index in [-0.39, 0.29) is 12.3 Å². The van der Waals surface area contributed by atoms with Crippen molar-refractivity contribution < 1.29 is 13.9 Å². The number of oxazole rings is 1. The van der Waals surface area contributed by atoms with Crippen molar-refractivity contribution in [2.24, 2.45) is 0 Å². The van der Waals surface area contributed by atoms with Gasteiger partial charge in [0.25, 0.3) is 0 Å². The summed E-state index contributed by atoms with van der Waals surface area (Å²) in [6.07, 6.45) is 0. The van der Waals surface area contributed by atoms with Gasteiger partial charge in [-0.1, -0.05) is 17.7 Å². The Bertz CT molecular complexity index is 1040. The van der Waals surface area contributed by atoms with E-state index >= 15 is 0 Å². The monoisotopic (exact) mass is 424 g/mol. The molecule has 30 heavy (non-hydrogen) atoms. The third-order valence-corrected chi connectivity index (χ3v) is 5.16. The van der Waals surface area contributed by atoms with Crippen molar-refractivity contribution in [2.45, 2.75) is 6.61 Å². The number of methoxy groups -OCH3 is 1. The number of ether oxygens (including phenoxy) is 2. The molecule has 7 nitrogen and oxygen atoms in total. The SMILES string of the molecule is COc1ccc(N2CCN(c3oc(COc4cccc(Cl)c4)nc3C#N)CC2)cc1. The molecule has 1 aliphatic heterocycles. The van der Waals surface area contributed by atoms with Gasteiger partial charge in [0.1, 0.15) is 17.6 Å². The molecule has 4 rings (SSSR count). The number of halogens is 1. The molecule has 1 saturated heterocycles. The summed E-state index contributed by atoms with van der Waals surface area (Å²) in [6, 6.07) is 17.2. The van der Waals surface area contributed by atoms with Gasteiger partial charge in [0.05, 0.1) is 7.11 Å². The number of rotatable bonds is 6. The van der Waals surface area contributed by atoms with Crippen molar-refractivity contribution >= 4 is 23.2 Å². The lowest BCUT2D eigenvalue weighted by atomic mass is 10.2. The zero-order valence-electron chi connectivity index (χ0n) is 16.5. The van der Waals surface area contributed by atoms with Gasteiger partial charge in [-0.05, 0) is 42.5 Å². The van der Waals surface area contributed by atoms with E-state index in [2.05, 4.69) is 33.0 Å². The van der Waals surface area contributed by atoms with Gasteiger partial charge < -0.3 is 23.7 Å². The van der Waals surface area contributed by atoms with Crippen LogP contribution >= 0.6 is 11.6 Å². The smallest absolute Gasteiger partial charge is 0.236 e. The number of piperazine rings is 1. The van der Waals surface area contributed by atoms with Gasteiger partial charge in [-0.15, -0.1) is 0 Å². The molecule has 0 atom stereocenters. The highest BCUT2D eigenvalue weighted by molar-refractivity contribution is 6.30. The fourth-order valence-corrected chi connectivity index (χ4v) is 3.55. The average Bonchev–Trinajstić information content (AvgIpc) is 3.21. The minimum absolute atomic E-state index is 0.126. The molecule has 0 saturated carbocycles. The van der Waals surface area contributed by atoms with Gasteiger partial charge in [-0.2, -0.15) is 10.2 Å². The van der Waals surface area contributed by atoms with Crippen molar-refractivity contribution in [1.82, 2.24) is 4.98 Å². The van der Waals surface area contributed by atoms with Crippen LogP contribution < -0.4 is 19.3 Å². The first-order chi connectivity index (χ1) is 14.7. The Labute approximate surface area is 180 Å². The van der Waals surface area contributed by atoms with Gasteiger partial charge in [0, 0.05) is 36.9 Å². The fourth-order valence-electron chi connectivity index (χ4n) is 3.37. The molecule has 8 heteroatoms. The zero-order chi connectivity index (χ0) is 20.9. The standard InChI is InChI=1S/C22H21ClN4O3/c1-28-18-7-5-17(6-8-18)26-9-11-27(12-10-26)22-20(14-24)25-21(30-22)15-29-19-4-2-3-16(23)13-19/h2-8,13H,9-12,15H2,1H3. The average molecular weight is 425 g/mol. The Kier molecular flexibility index (Phi) is 5.96. The second kappa shape index (κ2) is 8.97. The van der Waals surface area contributed by atoms with Crippen molar-refractivity contribution in [3.05, 3.63) is 65.1 Å². The van der Waals surface area contributed by atoms with E-state index in [4.69, 9.17) is 25.5 Å². The largest absolute Gasteiger partial charge is 0.497 e. The summed E-state index contributed by atoms with van der Waals surface area (Å²) < 4.78 is 16.8. The van der Waals surface area contributed by atoms with Crippen molar-refractivity contribution in [3.63, 3.8) is 0 Å². The summed E-state index contributed by atoms with van der Waals surface area (Å²) in [6.45, 7) is 3.20. The van der Waals surface area contributed by atoms with Crippen LogP contribution in [0.4, 0.5) is 11.6 Å². The minimum atomic E-state index is 0.126. The number of hydrogen-bond acceptors (Lipinski definition) is 7. The molecule has 0 amide bonds. The summed E-state index contributed by atoms with van der Waals surface area (Å²) in [5.74, 6) is 2.31. The molecule has 154 valence electrons. The van der Waals surface area contributed by atoms with Gasteiger partial charge in [0.15, 0.2) is 6.61 Å². The van der Waals surface area contributed by atoms with E-state index in [1.165, 1.54) is 0 Å². The summed E-state index contributed by atoms with van der Waals surface area (Å²) in [4.78, 5) is 8.63. The summed E-state index contributed by atoms with van der Waals surface area (Å²) in [7, 11) is 1.66. The molecule has 0 bridgehead atoms. The lowest BCUT2D eigenvalue weighted by Gasteiger charge is -2.35. The first-order valence-corrected chi connectivity index (χ1v) is 9.96. The number of nitriles is 1. The normalized spacial score (nSPS) is 13.8. The minimum Gasteiger partial charge on any atom is -0.497 e. The molecular weight excluding hydrogens is 404 g/mol. The third kappa shape index (κ3) is 4.44. The van der Waals surface area contributed by atoms with Crippen LogP contribution in [0.25, 0.3) is 0 Å². The van der Waals surface area contributed by atoms with Crippen LogP contribution in [0.15, 0.2) is 52.9 Å². The number of anilines is 2. The predicted octanol–water partition coefficient (Wildman–Crippen LogP) is 4.11. The Hall–Kier alpha value is -3.37. The fraction of sp³-hybridized carbons (Fsp3) is 0.273. The van der Waals surface area contributed by atoms with Crippen LogP contribution in [-0.2, 0) is 6.61 Å². The predicted molar refractivity (Wildman–Crippen MR) is 114 cm³/mol. The molecule has 0 radical (unpaired) electrons. The number of aromatic nitrogens is 1. The van der Waals surface area contributed by atoms with E-state index in [9.17, 15) is 5.26 Å². The molecule has 1 fully saturated rings. The van der Waals surface area contributed by atoms with Gasteiger partial charge in [-0.25, -0.2) is 0 Å². The molecule has 2 heterocycles. The lowest BCUT2D eigenvalue weighted by Crippen LogP contribution is -2.46. The van der Waals surface area contributed by atoms with Crippen molar-refractivity contribution in [3.8, 4) is 17.6 Å². The Morgan fingerprint density at radius 2 is 1.80 bits per heavy atom. The van der Waals surface area contributed by atoms with Crippen LogP contribution in [0.5, 0.6) is 11.5 Å². The van der Waals surface area contributed by atoms with Crippen LogP contribution in [0.2, 0.25) is 5.02 Å². The quantitative estimate of drug-likeness (QED) is 0.589. The lowest BCUT2D eigenvalue weighted by molar-refractivity contribution is 0.263. The molecule has 0 spiro atoms. The number of hydrogen-bond donors (Lipinski definition) is 0. The van der Waals surface area contributed by atoms with Crippen molar-refractivity contribution in [1.29, 1.82) is 5.26 Å². The van der Waals surface area contributed by atoms with E-state index < -0.39 is 0 Å². The highest BCUT2D eigenvalue weighted by Gasteiger charge is 2.24. The zero-order valence-corrected chi connectivity index (χ0v) is 17.3. The molecule has 0 aliphatic carbocycles. The molecule has 1 aromatic heterocycles. The second-order valence-electron chi connectivity index (χ2n) is 6.79. The third-order valence-electron chi connectivity index (χ3n) is 4.92. The molecule has 0 unspecified atom stereocenters. The molecule has 0 N–H and O–H groups in total. The maximum Gasteiger partial charge on any atom is 0.236 e. The van der Waals surface area contributed by atoms with E-state index in [0.717, 1.165) is 37.6 Å². The van der Waals surface area contributed by atoms with E-state index in [0.29, 0.717) is 22.5 Å². The Morgan fingerprint density at radius 1 is 1.07 bits per heavy atom. The molecular formula is C22H21ClN4O3. The van der Waals surface area contributed by atoms with Gasteiger partial charge >= 0.3 is 0 Å². The van der Waals surface area contributed by atoms with Crippen LogP contribution in [0.3, 0.4) is 0 Å². The van der Waals surface area contributed by atoms with Crippen molar-refractivity contribution in [2.75, 3.05) is 43.1 Å². The molecule has 2 aromatic carbocycles. The van der Waals surface area contributed by atoms with Gasteiger partial charge in [0.2, 0.25) is 17.5 Å². The maximum absolute atomic E-state index is 9.48. The highest BCUT2D eigenvalue weighted by atomic mass is 35.5. The first-order valence-electron chi connectivity index (χ1n) is 9.58. The van der Waals surface area contributed by atoms with E-state index in [1.54, 1.807) is 25.3 Å². The second-order valence-corrected chi connectivity index (χ2v) is 7.23. The number of nitrogens with zero attached hydrogens (tertiary/aromatic N) is 4. The van der Waals surface area contributed by atoms with Crippen LogP contribution in [0.1, 0.15) is 11.6 Å². The summed E-state index contributed by atoms with van der Waals surface area (Å²) >= 11 is 5.97. The molecule has 3 aromatic rings. The summed E-state index contributed by atoms with van der Waals surface area (Å²) in [5, 5.41) is 10.1. The summed E-state index contributed by atoms with van der Waals surface area (Å²) in [5.41, 5.74) is 1.42. The van der Waals surface area contributed by atoms with Crippen LogP contribution in [0, 0.1) is 11.3 Å². The van der Waals surface area contributed by atoms with Crippen LogP contribution in [-0.4, -0.2) is 38.3 Å². The first kappa shape index (κ1) is 19.9.